The van der Waals surface area contributed by atoms with E-state index in [2.05, 4.69) is 25.7 Å². The molecule has 1 unspecified atom stereocenters. The molecule has 0 aliphatic heterocycles. The number of hydrogen-bond acceptors (Lipinski definition) is 0. The highest BCUT2D eigenvalue weighted by Gasteiger charge is 2.18. The van der Waals surface area contributed by atoms with Gasteiger partial charge >= 0.3 is 0 Å². The Bertz CT molecular complexity index is 181. The molecular formula is C11H17F. The van der Waals surface area contributed by atoms with E-state index < -0.39 is 0 Å². The van der Waals surface area contributed by atoms with E-state index in [1.165, 1.54) is 12.8 Å². The summed E-state index contributed by atoms with van der Waals surface area (Å²) in [5, 5.41) is 0. The van der Waals surface area contributed by atoms with Gasteiger partial charge in [0.05, 0.1) is 6.67 Å². The van der Waals surface area contributed by atoms with Crippen LogP contribution in [-0.2, 0) is 0 Å². The SMILES string of the molecule is CC(C)C(CF)CC#CC1CC1. The Balaban J connectivity index is 2.23. The topological polar surface area (TPSA) is 0 Å². The van der Waals surface area contributed by atoms with E-state index >= 15 is 0 Å². The van der Waals surface area contributed by atoms with Gasteiger partial charge in [0.2, 0.25) is 0 Å². The Morgan fingerprint density at radius 2 is 2.08 bits per heavy atom. The van der Waals surface area contributed by atoms with Gasteiger partial charge in [0.25, 0.3) is 0 Å². The molecule has 0 radical (unpaired) electrons. The highest BCUT2D eigenvalue weighted by atomic mass is 19.1. The molecule has 0 heterocycles. The summed E-state index contributed by atoms with van der Waals surface area (Å²) in [7, 11) is 0. The first-order chi connectivity index (χ1) is 5.74. The lowest BCUT2D eigenvalue weighted by molar-refractivity contribution is 0.294. The first kappa shape index (κ1) is 9.58. The van der Waals surface area contributed by atoms with E-state index in [-0.39, 0.29) is 12.6 Å². The number of alkyl halides is 1. The van der Waals surface area contributed by atoms with Crippen molar-refractivity contribution in [2.75, 3.05) is 6.67 Å². The minimum atomic E-state index is -0.225. The molecule has 1 atom stereocenters. The molecule has 0 spiro atoms. The fourth-order valence-electron chi connectivity index (χ4n) is 1.03. The second kappa shape index (κ2) is 4.50. The molecular weight excluding hydrogens is 151 g/mol. The zero-order valence-corrected chi connectivity index (χ0v) is 7.94. The third-order valence-corrected chi connectivity index (χ3v) is 2.39. The quantitative estimate of drug-likeness (QED) is 0.568. The van der Waals surface area contributed by atoms with Crippen LogP contribution in [0.1, 0.15) is 33.1 Å². The molecule has 0 aromatic carbocycles. The lowest BCUT2D eigenvalue weighted by Gasteiger charge is -2.12. The van der Waals surface area contributed by atoms with Crippen LogP contribution in [0.5, 0.6) is 0 Å². The molecule has 1 rings (SSSR count). The van der Waals surface area contributed by atoms with E-state index in [4.69, 9.17) is 0 Å². The van der Waals surface area contributed by atoms with E-state index in [0.717, 1.165) is 6.42 Å². The van der Waals surface area contributed by atoms with Crippen molar-refractivity contribution in [2.45, 2.75) is 33.1 Å². The summed E-state index contributed by atoms with van der Waals surface area (Å²) < 4.78 is 12.4. The van der Waals surface area contributed by atoms with Gasteiger partial charge in [0.1, 0.15) is 0 Å². The van der Waals surface area contributed by atoms with E-state index in [9.17, 15) is 4.39 Å². The zero-order valence-electron chi connectivity index (χ0n) is 7.94. The monoisotopic (exact) mass is 168 g/mol. The van der Waals surface area contributed by atoms with Gasteiger partial charge in [-0.2, -0.15) is 0 Å². The molecule has 0 nitrogen and oxygen atoms in total. The summed E-state index contributed by atoms with van der Waals surface area (Å²) in [5.41, 5.74) is 0. The van der Waals surface area contributed by atoms with Crippen molar-refractivity contribution in [2.24, 2.45) is 17.8 Å². The minimum Gasteiger partial charge on any atom is -0.251 e. The van der Waals surface area contributed by atoms with E-state index in [0.29, 0.717) is 11.8 Å². The first-order valence-electron chi connectivity index (χ1n) is 4.78. The maximum Gasteiger partial charge on any atom is 0.0934 e. The van der Waals surface area contributed by atoms with Crippen LogP contribution in [0.3, 0.4) is 0 Å². The molecule has 0 amide bonds. The lowest BCUT2D eigenvalue weighted by Crippen LogP contribution is -2.09. The number of halogens is 1. The minimum absolute atomic E-state index is 0.149. The van der Waals surface area contributed by atoms with Crippen LogP contribution in [0, 0.1) is 29.6 Å². The smallest absolute Gasteiger partial charge is 0.0934 e. The maximum atomic E-state index is 12.4. The van der Waals surface area contributed by atoms with Gasteiger partial charge in [-0.05, 0) is 18.8 Å². The summed E-state index contributed by atoms with van der Waals surface area (Å²) in [4.78, 5) is 0. The first-order valence-corrected chi connectivity index (χ1v) is 4.78. The Morgan fingerprint density at radius 3 is 2.50 bits per heavy atom. The van der Waals surface area contributed by atoms with Gasteiger partial charge in [0.15, 0.2) is 0 Å². The molecule has 1 fully saturated rings. The number of hydrogen-bond donors (Lipinski definition) is 0. The van der Waals surface area contributed by atoms with Crippen LogP contribution in [0.25, 0.3) is 0 Å². The van der Waals surface area contributed by atoms with Gasteiger partial charge in [0, 0.05) is 18.3 Å². The standard InChI is InChI=1S/C11H17F/c1-9(2)11(8-12)5-3-4-10-6-7-10/h9-11H,5-8H2,1-2H3. The van der Waals surface area contributed by atoms with Crippen molar-refractivity contribution >= 4 is 0 Å². The van der Waals surface area contributed by atoms with Gasteiger partial charge < -0.3 is 0 Å². The molecule has 0 bridgehead atoms. The molecule has 0 N–H and O–H groups in total. The highest BCUT2D eigenvalue weighted by molar-refractivity contribution is 5.09. The van der Waals surface area contributed by atoms with Gasteiger partial charge in [-0.3, -0.25) is 4.39 Å². The molecule has 0 aromatic rings. The van der Waals surface area contributed by atoms with Crippen molar-refractivity contribution in [3.05, 3.63) is 0 Å². The van der Waals surface area contributed by atoms with Crippen LogP contribution in [0.4, 0.5) is 4.39 Å². The van der Waals surface area contributed by atoms with E-state index in [1.807, 2.05) is 0 Å². The Kier molecular flexibility index (Phi) is 3.59. The normalized spacial score (nSPS) is 18.7. The zero-order chi connectivity index (χ0) is 8.97. The van der Waals surface area contributed by atoms with Crippen LogP contribution < -0.4 is 0 Å². The Hall–Kier alpha value is -0.510. The lowest BCUT2D eigenvalue weighted by atomic mass is 9.94. The van der Waals surface area contributed by atoms with Crippen LogP contribution in [0.15, 0.2) is 0 Å². The second-order valence-corrected chi connectivity index (χ2v) is 3.96. The third-order valence-electron chi connectivity index (χ3n) is 2.39. The van der Waals surface area contributed by atoms with Gasteiger partial charge in [-0.25, -0.2) is 0 Å². The predicted octanol–water partition coefficient (Wildman–Crippen LogP) is 3.03. The van der Waals surface area contributed by atoms with E-state index in [1.54, 1.807) is 0 Å². The number of rotatable bonds is 3. The van der Waals surface area contributed by atoms with Crippen LogP contribution >= 0.6 is 0 Å². The second-order valence-electron chi connectivity index (χ2n) is 3.96. The largest absolute Gasteiger partial charge is 0.251 e. The molecule has 1 aliphatic rings. The average Bonchev–Trinajstić information content (AvgIpc) is 2.80. The van der Waals surface area contributed by atoms with Crippen LogP contribution in [0.2, 0.25) is 0 Å². The Morgan fingerprint density at radius 1 is 1.42 bits per heavy atom. The van der Waals surface area contributed by atoms with Crippen molar-refractivity contribution in [3.8, 4) is 11.8 Å². The molecule has 12 heavy (non-hydrogen) atoms. The Labute approximate surface area is 74.5 Å². The summed E-state index contributed by atoms with van der Waals surface area (Å²) in [6, 6.07) is 0. The van der Waals surface area contributed by atoms with Crippen molar-refractivity contribution in [3.63, 3.8) is 0 Å². The summed E-state index contributed by atoms with van der Waals surface area (Å²) in [6.07, 6.45) is 3.26. The van der Waals surface area contributed by atoms with Crippen molar-refractivity contribution in [1.29, 1.82) is 0 Å². The molecule has 68 valence electrons. The fourth-order valence-corrected chi connectivity index (χ4v) is 1.03. The predicted molar refractivity (Wildman–Crippen MR) is 49.4 cm³/mol. The summed E-state index contributed by atoms with van der Waals surface area (Å²) in [5.74, 6) is 7.47. The summed E-state index contributed by atoms with van der Waals surface area (Å²) in [6.45, 7) is 3.89. The fraction of sp³-hybridized carbons (Fsp3) is 0.818. The maximum absolute atomic E-state index is 12.4. The molecule has 1 aliphatic carbocycles. The van der Waals surface area contributed by atoms with Crippen molar-refractivity contribution in [1.82, 2.24) is 0 Å². The summed E-state index contributed by atoms with van der Waals surface area (Å²) >= 11 is 0. The highest BCUT2D eigenvalue weighted by Crippen LogP contribution is 2.27. The molecule has 1 heteroatoms. The molecule has 0 saturated heterocycles. The van der Waals surface area contributed by atoms with Crippen LogP contribution in [-0.4, -0.2) is 6.67 Å². The van der Waals surface area contributed by atoms with Crippen molar-refractivity contribution < 1.29 is 4.39 Å². The average molecular weight is 168 g/mol. The molecule has 1 saturated carbocycles. The third kappa shape index (κ3) is 3.26. The van der Waals surface area contributed by atoms with Gasteiger partial charge in [-0.15, -0.1) is 5.92 Å². The van der Waals surface area contributed by atoms with Gasteiger partial charge in [-0.1, -0.05) is 19.8 Å². The molecule has 0 aromatic heterocycles.